The Hall–Kier alpha value is 1.16. The van der Waals surface area contributed by atoms with E-state index in [1.54, 1.807) is 0 Å². The Morgan fingerprint density at radius 2 is 1.67 bits per heavy atom. The smallest absolute Gasteiger partial charge is 0 e. The van der Waals surface area contributed by atoms with E-state index in [4.69, 9.17) is 15.3 Å². The van der Waals surface area contributed by atoms with Crippen molar-refractivity contribution in [1.82, 2.24) is 0 Å². The Morgan fingerprint density at radius 3 is 1.67 bits per heavy atom. The van der Waals surface area contributed by atoms with E-state index in [9.17, 15) is 0 Å². The predicted molar refractivity (Wildman–Crippen MR) is 18.7 cm³/mol. The summed E-state index contributed by atoms with van der Waals surface area (Å²) in [4.78, 5) is 8.36. The summed E-state index contributed by atoms with van der Waals surface area (Å²) in [6, 6.07) is 0. The van der Waals surface area contributed by atoms with Gasteiger partial charge in [-0.2, -0.15) is 0 Å². The molecule has 0 aromatic heterocycles. The molecule has 0 spiro atoms. The van der Waals surface area contributed by atoms with Crippen LogP contribution in [-0.2, 0) is 0 Å². The van der Waals surface area contributed by atoms with Crippen molar-refractivity contribution in [2.45, 2.75) is 0 Å². The topological polar surface area (TPSA) is 63.4 Å². The van der Waals surface area contributed by atoms with Gasteiger partial charge in [-0.05, 0) is 0 Å². The van der Waals surface area contributed by atoms with Gasteiger partial charge in [0.25, 0.3) is 5.09 Å². The summed E-state index contributed by atoms with van der Waals surface area (Å²) in [7, 11) is 0. The first kappa shape index (κ1) is 15.7. The summed E-state index contributed by atoms with van der Waals surface area (Å²) >= 11 is 0. The van der Waals surface area contributed by atoms with Gasteiger partial charge in [-0.3, -0.25) is 0 Å². The molecule has 0 aliphatic heterocycles. The van der Waals surface area contributed by atoms with Crippen molar-refractivity contribution in [3.8, 4) is 0 Å². The normalized spacial score (nSPS) is 4.00. The average Bonchev–Trinajstić information content (AvgIpc) is 0.811. The Labute approximate surface area is 79.1 Å². The summed E-state index contributed by atoms with van der Waals surface area (Å²) in [5.74, 6) is 0. The van der Waals surface area contributed by atoms with E-state index < -0.39 is 5.09 Å². The van der Waals surface area contributed by atoms with Gasteiger partial charge in [-0.15, -0.1) is 10.1 Å². The minimum atomic E-state index is -1.50. The molecule has 0 aliphatic rings. The molecule has 38 valence electrons. The fourth-order valence-corrected chi connectivity index (χ4v) is 0. The first-order valence-electron chi connectivity index (χ1n) is 0.565. The fourth-order valence-electron chi connectivity index (χ4n) is 0. The van der Waals surface area contributed by atoms with E-state index in [2.05, 4.69) is 0 Å². The van der Waals surface area contributed by atoms with Crippen LogP contribution in [0.4, 0.5) is 0 Å². The molecule has 6 heavy (non-hydrogen) atoms. The van der Waals surface area contributed by atoms with Crippen molar-refractivity contribution in [3.63, 3.8) is 0 Å². The molecule has 0 aromatic carbocycles. The second kappa shape index (κ2) is 9.48. The van der Waals surface area contributed by atoms with Crippen molar-refractivity contribution in [1.29, 1.82) is 0 Å². The molecule has 0 amide bonds. The van der Waals surface area contributed by atoms with Crippen LogP contribution in [0.2, 0.25) is 0 Å². The van der Waals surface area contributed by atoms with Crippen LogP contribution in [0, 0.1) is 50.1 Å². The first-order chi connectivity index (χ1) is 1.73. The third kappa shape index (κ3) is 66.3. The molecule has 0 radical (unpaired) electrons. The summed E-state index contributed by atoms with van der Waals surface area (Å²) in [5.41, 5.74) is 0. The van der Waals surface area contributed by atoms with Crippen LogP contribution < -0.4 is 0 Å². The Bertz CT molecular complexity index is 33.8. The molecule has 0 saturated heterocycles. The molecular weight excluding hydrogens is 289 g/mol. The summed E-state index contributed by atoms with van der Waals surface area (Å²) in [6.07, 6.45) is 0. The maximum absolute atomic E-state index is 8.36. The molecule has 0 aromatic rings. The number of hydrogen-bond donors (Lipinski definition) is 1. The number of rotatable bonds is 0. The van der Waals surface area contributed by atoms with Crippen LogP contribution in [0.15, 0.2) is 0 Å². The van der Waals surface area contributed by atoms with Crippen LogP contribution in [0.1, 0.15) is 0 Å². The van der Waals surface area contributed by atoms with Gasteiger partial charge in [0.1, 0.15) is 0 Å². The first-order valence-corrected chi connectivity index (χ1v) is 0.565. The second-order valence-electron chi connectivity index (χ2n) is 0.238. The molecule has 4 nitrogen and oxygen atoms in total. The van der Waals surface area contributed by atoms with Crippen LogP contribution in [0.3, 0.4) is 0 Å². The van der Waals surface area contributed by atoms with Crippen LogP contribution in [0.25, 0.3) is 0 Å². The standard InChI is InChI=1S/Ga.Gd.HNO3.3H/c;;2-1(3)4;;;/h;;(H,2,3,4);;;. The molecule has 0 saturated carbocycles. The fraction of sp³-hybridized carbons (Fsp3) is 0. The summed E-state index contributed by atoms with van der Waals surface area (Å²) in [5, 5.41) is 13.6. The maximum Gasteiger partial charge on any atom is 0 e. The number of hydrogen-bond acceptors (Lipinski definition) is 2. The summed E-state index contributed by atoms with van der Waals surface area (Å²) < 4.78 is 0. The van der Waals surface area contributed by atoms with E-state index in [1.807, 2.05) is 0 Å². The molecule has 1 N–H and O–H groups in total. The van der Waals surface area contributed by atoms with Crippen molar-refractivity contribution in [2.24, 2.45) is 0 Å². The van der Waals surface area contributed by atoms with Gasteiger partial charge in [0, 0.05) is 39.9 Å². The van der Waals surface area contributed by atoms with E-state index in [0.717, 1.165) is 0 Å². The predicted octanol–water partition coefficient (Wildman–Crippen LogP) is -1.53. The molecule has 0 aliphatic carbocycles. The van der Waals surface area contributed by atoms with Crippen molar-refractivity contribution in [3.05, 3.63) is 10.1 Å². The average molecular weight is 293 g/mol. The molecule has 0 rings (SSSR count). The molecule has 0 heterocycles. The van der Waals surface area contributed by atoms with E-state index in [1.165, 1.54) is 0 Å². The third-order valence-corrected chi connectivity index (χ3v) is 0. The van der Waals surface area contributed by atoms with E-state index in [-0.39, 0.29) is 59.7 Å². The molecular formula is H4GaGdNO3. The molecule has 0 fully saturated rings. The molecule has 6 heteroatoms. The molecule has 0 bridgehead atoms. The van der Waals surface area contributed by atoms with Crippen LogP contribution in [0.5, 0.6) is 0 Å². The minimum Gasteiger partial charge on any atom is 0 e. The zero-order valence-electron chi connectivity index (χ0n) is 2.06. The van der Waals surface area contributed by atoms with Gasteiger partial charge in [-0.1, -0.05) is 0 Å². The Morgan fingerprint density at radius 1 is 1.67 bits per heavy atom. The van der Waals surface area contributed by atoms with Gasteiger partial charge in [-0.25, -0.2) is 0 Å². The Kier molecular flexibility index (Phi) is 24.8. The van der Waals surface area contributed by atoms with Crippen molar-refractivity contribution < 1.29 is 50.2 Å². The summed E-state index contributed by atoms with van der Waals surface area (Å²) in [6.45, 7) is 0. The zero-order valence-corrected chi connectivity index (χ0v) is 4.33. The van der Waals surface area contributed by atoms with Gasteiger partial charge >= 0.3 is 19.8 Å². The van der Waals surface area contributed by atoms with Gasteiger partial charge in [0.2, 0.25) is 0 Å². The molecule has 0 unspecified atom stereocenters. The zero-order chi connectivity index (χ0) is 3.58. The van der Waals surface area contributed by atoms with Crippen LogP contribution in [-0.4, -0.2) is 30.1 Å². The van der Waals surface area contributed by atoms with Gasteiger partial charge in [0.15, 0.2) is 0 Å². The maximum atomic E-state index is 8.36. The monoisotopic (exact) mass is 293 g/mol. The minimum absolute atomic E-state index is 0. The van der Waals surface area contributed by atoms with Crippen molar-refractivity contribution >= 4 is 19.8 Å². The Balaban J connectivity index is -0.0000000450. The second-order valence-corrected chi connectivity index (χ2v) is 0.238. The third-order valence-electron chi connectivity index (χ3n) is 0. The van der Waals surface area contributed by atoms with Gasteiger partial charge in [0.05, 0.1) is 0 Å². The number of nitrogens with zero attached hydrogens (tertiary/aromatic N) is 1. The largest absolute Gasteiger partial charge is 0 e. The molecule has 0 atom stereocenters. The van der Waals surface area contributed by atoms with E-state index >= 15 is 0 Å². The van der Waals surface area contributed by atoms with Crippen molar-refractivity contribution in [2.75, 3.05) is 0 Å². The van der Waals surface area contributed by atoms with E-state index in [0.29, 0.717) is 0 Å². The quantitative estimate of drug-likeness (QED) is 0.335. The van der Waals surface area contributed by atoms with Gasteiger partial charge < -0.3 is 5.21 Å². The SMILES string of the molecule is O=[N+]([O-])O.[GaH3].[Gd]. The van der Waals surface area contributed by atoms with Crippen LogP contribution >= 0.6 is 0 Å².